The lowest BCUT2D eigenvalue weighted by molar-refractivity contribution is 0.0697. The fourth-order valence-electron chi connectivity index (χ4n) is 4.92. The van der Waals surface area contributed by atoms with Gasteiger partial charge in [-0.3, -0.25) is 0 Å². The van der Waals surface area contributed by atoms with E-state index in [1.54, 1.807) is 24.4 Å². The van der Waals surface area contributed by atoms with Gasteiger partial charge < -0.3 is 20.6 Å². The summed E-state index contributed by atoms with van der Waals surface area (Å²) in [4.78, 5) is 23.4. The summed E-state index contributed by atoms with van der Waals surface area (Å²) in [6, 6.07) is 11.8. The van der Waals surface area contributed by atoms with Crippen LogP contribution in [0.25, 0.3) is 21.7 Å². The van der Waals surface area contributed by atoms with E-state index in [0.29, 0.717) is 23.1 Å². The summed E-state index contributed by atoms with van der Waals surface area (Å²) in [5.74, 6) is -0.312. The van der Waals surface area contributed by atoms with E-state index >= 15 is 0 Å². The molecule has 0 bridgehead atoms. The SMILES string of the molecule is CC1CCCCN1CCCNc1cc2c(Nc3ccc(F)c(Cl)c3)nc3cc(C(=O)O)ccc3c2cn1. The Balaban J connectivity index is 1.45. The molecule has 9 heteroatoms. The predicted molar refractivity (Wildman–Crippen MR) is 147 cm³/mol. The third-order valence-electron chi connectivity index (χ3n) is 6.98. The van der Waals surface area contributed by atoms with Gasteiger partial charge >= 0.3 is 5.97 Å². The van der Waals surface area contributed by atoms with Gasteiger partial charge in [0.05, 0.1) is 16.1 Å². The molecule has 1 unspecified atom stereocenters. The van der Waals surface area contributed by atoms with Gasteiger partial charge in [-0.1, -0.05) is 24.1 Å². The number of carbonyl (C=O) groups is 1. The number of halogens is 2. The number of carboxylic acids is 1. The maximum atomic E-state index is 13.7. The van der Waals surface area contributed by atoms with Gasteiger partial charge in [0.15, 0.2) is 0 Å². The van der Waals surface area contributed by atoms with Crippen molar-refractivity contribution >= 4 is 56.6 Å². The number of aromatic carboxylic acids is 1. The van der Waals surface area contributed by atoms with Crippen LogP contribution in [0.5, 0.6) is 0 Å². The average molecular weight is 522 g/mol. The Labute approximate surface area is 219 Å². The van der Waals surface area contributed by atoms with Gasteiger partial charge in [0.2, 0.25) is 0 Å². The van der Waals surface area contributed by atoms with Crippen LogP contribution in [-0.2, 0) is 0 Å². The minimum atomic E-state index is -1.03. The molecular weight excluding hydrogens is 493 g/mol. The first kappa shape index (κ1) is 25.2. The molecule has 0 spiro atoms. The van der Waals surface area contributed by atoms with Crippen LogP contribution in [-0.4, -0.2) is 51.6 Å². The third-order valence-corrected chi connectivity index (χ3v) is 7.27. The number of hydrogen-bond acceptors (Lipinski definition) is 6. The summed E-state index contributed by atoms with van der Waals surface area (Å²) in [5, 5.41) is 18.5. The Morgan fingerprint density at radius 2 is 2.03 bits per heavy atom. The standard InChI is InChI=1S/C28H29ClFN5O2/c1-17-5-2-3-11-35(17)12-4-10-31-26-15-21-22(16-32-26)20-8-6-18(28(36)37)13-25(20)34-27(21)33-19-7-9-24(30)23(29)14-19/h6-9,13-17H,2-5,10-12H2,1H3,(H,31,32)(H,33,34)(H,36,37). The molecule has 1 aliphatic heterocycles. The number of hydrogen-bond donors (Lipinski definition) is 3. The second kappa shape index (κ2) is 10.9. The molecule has 2 aromatic carbocycles. The summed E-state index contributed by atoms with van der Waals surface area (Å²) in [6.07, 6.45) is 6.64. The van der Waals surface area contributed by atoms with Crippen molar-refractivity contribution in [2.24, 2.45) is 0 Å². The number of likely N-dealkylation sites (tertiary alicyclic amines) is 1. The molecule has 7 nitrogen and oxygen atoms in total. The van der Waals surface area contributed by atoms with Crippen molar-refractivity contribution < 1.29 is 14.3 Å². The quantitative estimate of drug-likeness (QED) is 0.176. The Morgan fingerprint density at radius 1 is 1.16 bits per heavy atom. The number of fused-ring (bicyclic) bond motifs is 3. The van der Waals surface area contributed by atoms with Crippen LogP contribution in [0, 0.1) is 5.82 Å². The molecule has 1 atom stereocenters. The number of pyridine rings is 2. The molecule has 3 heterocycles. The van der Waals surface area contributed by atoms with Crippen molar-refractivity contribution in [2.75, 3.05) is 30.3 Å². The van der Waals surface area contributed by atoms with E-state index in [4.69, 9.17) is 16.6 Å². The van der Waals surface area contributed by atoms with Gasteiger partial charge in [-0.15, -0.1) is 0 Å². The van der Waals surface area contributed by atoms with Gasteiger partial charge in [-0.25, -0.2) is 19.2 Å². The molecule has 0 amide bonds. The second-order valence-corrected chi connectivity index (χ2v) is 9.93. The Bertz CT molecular complexity index is 1460. The summed E-state index contributed by atoms with van der Waals surface area (Å²) in [6.45, 7) is 5.32. The first-order valence-corrected chi connectivity index (χ1v) is 12.9. The molecule has 1 fully saturated rings. The van der Waals surface area contributed by atoms with E-state index < -0.39 is 11.8 Å². The van der Waals surface area contributed by atoms with E-state index in [-0.39, 0.29) is 10.6 Å². The molecule has 3 N–H and O–H groups in total. The Kier molecular flexibility index (Phi) is 7.39. The zero-order valence-electron chi connectivity index (χ0n) is 20.6. The summed E-state index contributed by atoms with van der Waals surface area (Å²) in [5.41, 5.74) is 1.22. The molecule has 0 radical (unpaired) electrons. The number of nitrogens with zero attached hydrogens (tertiary/aromatic N) is 3. The topological polar surface area (TPSA) is 90.4 Å². The fourth-order valence-corrected chi connectivity index (χ4v) is 5.10. The number of carboxylic acid groups (broad SMARTS) is 1. The van der Waals surface area contributed by atoms with Crippen molar-refractivity contribution in [3.8, 4) is 0 Å². The number of aromatic nitrogens is 2. The highest BCUT2D eigenvalue weighted by Crippen LogP contribution is 2.33. The van der Waals surface area contributed by atoms with Gasteiger partial charge in [0, 0.05) is 47.2 Å². The van der Waals surface area contributed by atoms with Crippen LogP contribution in [0.3, 0.4) is 0 Å². The zero-order valence-corrected chi connectivity index (χ0v) is 21.4. The highest BCUT2D eigenvalue weighted by molar-refractivity contribution is 6.31. The molecular formula is C28H29ClFN5O2. The maximum Gasteiger partial charge on any atom is 0.335 e. The monoisotopic (exact) mass is 521 g/mol. The molecule has 37 heavy (non-hydrogen) atoms. The number of rotatable bonds is 8. The molecule has 4 aromatic rings. The van der Waals surface area contributed by atoms with E-state index in [9.17, 15) is 14.3 Å². The van der Waals surface area contributed by atoms with Crippen LogP contribution in [0.4, 0.5) is 21.7 Å². The van der Waals surface area contributed by atoms with Crippen LogP contribution in [0.15, 0.2) is 48.7 Å². The molecule has 1 saturated heterocycles. The van der Waals surface area contributed by atoms with Gasteiger partial charge in [0.25, 0.3) is 0 Å². The molecule has 1 aliphatic rings. The smallest absolute Gasteiger partial charge is 0.335 e. The fraction of sp³-hybridized carbons (Fsp3) is 0.321. The molecule has 0 saturated carbocycles. The number of benzene rings is 2. The van der Waals surface area contributed by atoms with Gasteiger partial charge in [-0.05, 0) is 69.1 Å². The predicted octanol–water partition coefficient (Wildman–Crippen LogP) is 6.69. The minimum Gasteiger partial charge on any atom is -0.478 e. The lowest BCUT2D eigenvalue weighted by Crippen LogP contribution is -2.38. The van der Waals surface area contributed by atoms with Crippen LogP contribution < -0.4 is 10.6 Å². The van der Waals surface area contributed by atoms with Crippen LogP contribution in [0.1, 0.15) is 43.0 Å². The van der Waals surface area contributed by atoms with Crippen molar-refractivity contribution in [1.82, 2.24) is 14.9 Å². The lowest BCUT2D eigenvalue weighted by Gasteiger charge is -2.33. The third kappa shape index (κ3) is 5.60. The number of nitrogens with one attached hydrogen (secondary N) is 2. The number of anilines is 3. The maximum absolute atomic E-state index is 13.7. The summed E-state index contributed by atoms with van der Waals surface area (Å²) >= 11 is 5.99. The Morgan fingerprint density at radius 3 is 2.81 bits per heavy atom. The average Bonchev–Trinajstić information content (AvgIpc) is 2.89. The first-order valence-electron chi connectivity index (χ1n) is 12.6. The normalized spacial score (nSPS) is 16.2. The summed E-state index contributed by atoms with van der Waals surface area (Å²) in [7, 11) is 0. The molecule has 2 aromatic heterocycles. The van der Waals surface area contributed by atoms with E-state index in [1.807, 2.05) is 6.07 Å². The summed E-state index contributed by atoms with van der Waals surface area (Å²) < 4.78 is 13.7. The van der Waals surface area contributed by atoms with Gasteiger partial charge in [0.1, 0.15) is 17.5 Å². The second-order valence-electron chi connectivity index (χ2n) is 9.53. The van der Waals surface area contributed by atoms with Crippen LogP contribution >= 0.6 is 11.6 Å². The van der Waals surface area contributed by atoms with Crippen molar-refractivity contribution in [2.45, 2.75) is 38.6 Å². The van der Waals surface area contributed by atoms with Crippen molar-refractivity contribution in [3.05, 3.63) is 65.1 Å². The van der Waals surface area contributed by atoms with E-state index in [2.05, 4.69) is 27.4 Å². The largest absolute Gasteiger partial charge is 0.478 e. The Hall–Kier alpha value is -3.49. The molecule has 5 rings (SSSR count). The van der Waals surface area contributed by atoms with Crippen molar-refractivity contribution in [1.29, 1.82) is 0 Å². The van der Waals surface area contributed by atoms with Gasteiger partial charge in [-0.2, -0.15) is 0 Å². The first-order chi connectivity index (χ1) is 17.9. The minimum absolute atomic E-state index is 0.00435. The van der Waals surface area contributed by atoms with Crippen molar-refractivity contribution in [3.63, 3.8) is 0 Å². The van der Waals surface area contributed by atoms with Crippen LogP contribution in [0.2, 0.25) is 5.02 Å². The zero-order chi connectivity index (χ0) is 25.9. The van der Waals surface area contributed by atoms with E-state index in [1.165, 1.54) is 44.0 Å². The molecule has 0 aliphatic carbocycles. The van der Waals surface area contributed by atoms with E-state index in [0.717, 1.165) is 41.5 Å². The highest BCUT2D eigenvalue weighted by atomic mass is 35.5. The highest BCUT2D eigenvalue weighted by Gasteiger charge is 2.17. The molecule has 192 valence electrons. The lowest BCUT2D eigenvalue weighted by atomic mass is 10.0. The number of piperidine rings is 1.